The number of benzene rings is 1. The van der Waals surface area contributed by atoms with Crippen molar-refractivity contribution in [3.8, 4) is 11.5 Å². The maximum absolute atomic E-state index is 12.2. The maximum atomic E-state index is 12.2. The minimum absolute atomic E-state index is 0.0516. The zero-order valence-electron chi connectivity index (χ0n) is 10.3. The fraction of sp³-hybridized carbons (Fsp3) is 0.500. The Labute approximate surface area is 106 Å². The standard InChI is InChI=1S/C14H17NO3/c16-14(15-10-4-1-2-5-10)11-6-3-7-12-13(11)18-9-8-17-12/h3,6-7,10H,1-2,4-5,8-9H2,(H,15,16). The molecule has 0 aromatic heterocycles. The average molecular weight is 247 g/mol. The van der Waals surface area contributed by atoms with Gasteiger partial charge in [0.1, 0.15) is 13.2 Å². The molecule has 1 fully saturated rings. The summed E-state index contributed by atoms with van der Waals surface area (Å²) in [6.45, 7) is 1.04. The van der Waals surface area contributed by atoms with Crippen molar-refractivity contribution in [1.29, 1.82) is 0 Å². The second-order valence-electron chi connectivity index (χ2n) is 4.78. The van der Waals surface area contributed by atoms with Gasteiger partial charge in [0.05, 0.1) is 5.56 Å². The van der Waals surface area contributed by atoms with E-state index >= 15 is 0 Å². The summed E-state index contributed by atoms with van der Waals surface area (Å²) in [5.74, 6) is 1.20. The lowest BCUT2D eigenvalue weighted by molar-refractivity contribution is 0.0927. The van der Waals surface area contributed by atoms with E-state index in [4.69, 9.17) is 9.47 Å². The van der Waals surface area contributed by atoms with Crippen molar-refractivity contribution in [3.05, 3.63) is 23.8 Å². The van der Waals surface area contributed by atoms with Crippen molar-refractivity contribution in [1.82, 2.24) is 5.32 Å². The smallest absolute Gasteiger partial charge is 0.255 e. The lowest BCUT2D eigenvalue weighted by Gasteiger charge is -2.21. The van der Waals surface area contributed by atoms with Crippen LogP contribution in [-0.2, 0) is 0 Å². The molecule has 0 bridgehead atoms. The van der Waals surface area contributed by atoms with Crippen LogP contribution in [0.15, 0.2) is 18.2 Å². The monoisotopic (exact) mass is 247 g/mol. The first kappa shape index (κ1) is 11.4. The Morgan fingerprint density at radius 1 is 1.17 bits per heavy atom. The first-order chi connectivity index (χ1) is 8.84. The summed E-state index contributed by atoms with van der Waals surface area (Å²) in [5.41, 5.74) is 0.583. The Morgan fingerprint density at radius 3 is 2.78 bits per heavy atom. The Balaban J connectivity index is 1.80. The molecule has 0 radical (unpaired) electrons. The molecule has 3 rings (SSSR count). The van der Waals surface area contributed by atoms with E-state index in [1.165, 1.54) is 12.8 Å². The normalized spacial score (nSPS) is 18.7. The van der Waals surface area contributed by atoms with Gasteiger partial charge < -0.3 is 14.8 Å². The summed E-state index contributed by atoms with van der Waals surface area (Å²) in [6.07, 6.45) is 4.57. The zero-order valence-corrected chi connectivity index (χ0v) is 10.3. The van der Waals surface area contributed by atoms with Crippen LogP contribution < -0.4 is 14.8 Å². The minimum atomic E-state index is -0.0516. The van der Waals surface area contributed by atoms with Crippen LogP contribution in [0, 0.1) is 0 Å². The summed E-state index contributed by atoms with van der Waals surface area (Å²) >= 11 is 0. The van der Waals surface area contributed by atoms with Gasteiger partial charge in [0.2, 0.25) is 0 Å². The van der Waals surface area contributed by atoms with Crippen LogP contribution in [0.25, 0.3) is 0 Å². The number of amides is 1. The molecule has 1 aromatic rings. The molecule has 0 saturated heterocycles. The van der Waals surface area contributed by atoms with Crippen LogP contribution in [0.4, 0.5) is 0 Å². The van der Waals surface area contributed by atoms with Crippen molar-refractivity contribution < 1.29 is 14.3 Å². The average Bonchev–Trinajstić information content (AvgIpc) is 2.91. The van der Waals surface area contributed by atoms with Gasteiger partial charge in [0.25, 0.3) is 5.91 Å². The van der Waals surface area contributed by atoms with Crippen LogP contribution in [0.1, 0.15) is 36.0 Å². The van der Waals surface area contributed by atoms with Gasteiger partial charge in [-0.15, -0.1) is 0 Å². The Hall–Kier alpha value is -1.71. The number of fused-ring (bicyclic) bond motifs is 1. The fourth-order valence-electron chi connectivity index (χ4n) is 2.59. The van der Waals surface area contributed by atoms with Gasteiger partial charge in [0, 0.05) is 6.04 Å². The van der Waals surface area contributed by atoms with Crippen LogP contribution in [-0.4, -0.2) is 25.2 Å². The van der Waals surface area contributed by atoms with Gasteiger partial charge in [-0.1, -0.05) is 18.9 Å². The highest BCUT2D eigenvalue weighted by Crippen LogP contribution is 2.33. The summed E-state index contributed by atoms with van der Waals surface area (Å²) in [4.78, 5) is 12.2. The van der Waals surface area contributed by atoms with Crippen molar-refractivity contribution in [3.63, 3.8) is 0 Å². The number of carbonyl (C=O) groups excluding carboxylic acids is 1. The van der Waals surface area contributed by atoms with Crippen molar-refractivity contribution in [2.75, 3.05) is 13.2 Å². The van der Waals surface area contributed by atoms with E-state index in [1.54, 1.807) is 6.07 Å². The lowest BCUT2D eigenvalue weighted by atomic mass is 10.1. The molecule has 96 valence electrons. The molecule has 2 aliphatic rings. The quantitative estimate of drug-likeness (QED) is 0.871. The molecule has 18 heavy (non-hydrogen) atoms. The molecule has 1 N–H and O–H groups in total. The van der Waals surface area contributed by atoms with Crippen LogP contribution >= 0.6 is 0 Å². The van der Waals surface area contributed by atoms with Crippen molar-refractivity contribution >= 4 is 5.91 Å². The van der Waals surface area contributed by atoms with E-state index in [9.17, 15) is 4.79 Å². The van der Waals surface area contributed by atoms with E-state index in [2.05, 4.69) is 5.32 Å². The Morgan fingerprint density at radius 2 is 1.94 bits per heavy atom. The molecule has 1 aliphatic carbocycles. The van der Waals surface area contributed by atoms with Crippen LogP contribution in [0.2, 0.25) is 0 Å². The first-order valence-corrected chi connectivity index (χ1v) is 6.54. The fourth-order valence-corrected chi connectivity index (χ4v) is 2.59. The molecular weight excluding hydrogens is 230 g/mol. The number of nitrogens with one attached hydrogen (secondary N) is 1. The topological polar surface area (TPSA) is 47.6 Å². The summed E-state index contributed by atoms with van der Waals surface area (Å²) < 4.78 is 11.0. The second kappa shape index (κ2) is 4.88. The molecule has 1 aliphatic heterocycles. The summed E-state index contributed by atoms with van der Waals surface area (Å²) in [6, 6.07) is 5.77. The number of ether oxygens (including phenoxy) is 2. The third-order valence-corrected chi connectivity index (χ3v) is 3.50. The summed E-state index contributed by atoms with van der Waals surface area (Å²) in [7, 11) is 0. The molecule has 1 aromatic carbocycles. The third-order valence-electron chi connectivity index (χ3n) is 3.50. The van der Waals surface area contributed by atoms with Gasteiger partial charge in [-0.25, -0.2) is 0 Å². The molecule has 0 atom stereocenters. The number of hydrogen-bond donors (Lipinski definition) is 1. The highest BCUT2D eigenvalue weighted by molar-refractivity contribution is 5.98. The Kier molecular flexibility index (Phi) is 3.09. The van der Waals surface area contributed by atoms with E-state index in [1.807, 2.05) is 12.1 Å². The lowest BCUT2D eigenvalue weighted by Crippen LogP contribution is -2.33. The maximum Gasteiger partial charge on any atom is 0.255 e. The molecule has 4 nitrogen and oxygen atoms in total. The molecule has 1 saturated carbocycles. The first-order valence-electron chi connectivity index (χ1n) is 6.54. The van der Waals surface area contributed by atoms with Gasteiger partial charge >= 0.3 is 0 Å². The molecule has 1 heterocycles. The van der Waals surface area contributed by atoms with Crippen molar-refractivity contribution in [2.45, 2.75) is 31.7 Å². The van der Waals surface area contributed by atoms with Gasteiger partial charge in [-0.2, -0.15) is 0 Å². The van der Waals surface area contributed by atoms with Crippen LogP contribution in [0.5, 0.6) is 11.5 Å². The van der Waals surface area contributed by atoms with E-state index in [0.717, 1.165) is 12.8 Å². The number of para-hydroxylation sites is 1. The molecule has 1 amide bonds. The Bertz CT molecular complexity index is 452. The predicted molar refractivity (Wildman–Crippen MR) is 67.2 cm³/mol. The van der Waals surface area contributed by atoms with E-state index < -0.39 is 0 Å². The summed E-state index contributed by atoms with van der Waals surface area (Å²) in [5, 5.41) is 3.07. The zero-order chi connectivity index (χ0) is 12.4. The largest absolute Gasteiger partial charge is 0.486 e. The number of hydrogen-bond acceptors (Lipinski definition) is 3. The SMILES string of the molecule is O=C(NC1CCCC1)c1cccc2c1OCCO2. The molecule has 0 spiro atoms. The number of carbonyl (C=O) groups is 1. The molecule has 0 unspecified atom stereocenters. The molecular formula is C14H17NO3. The van der Waals surface area contributed by atoms with E-state index in [-0.39, 0.29) is 5.91 Å². The van der Waals surface area contributed by atoms with Gasteiger partial charge in [0.15, 0.2) is 11.5 Å². The second-order valence-corrected chi connectivity index (χ2v) is 4.78. The highest BCUT2D eigenvalue weighted by atomic mass is 16.6. The van der Waals surface area contributed by atoms with Gasteiger partial charge in [-0.3, -0.25) is 4.79 Å². The highest BCUT2D eigenvalue weighted by Gasteiger charge is 2.23. The third kappa shape index (κ3) is 2.15. The van der Waals surface area contributed by atoms with E-state index in [0.29, 0.717) is 36.3 Å². The van der Waals surface area contributed by atoms with Crippen molar-refractivity contribution in [2.24, 2.45) is 0 Å². The minimum Gasteiger partial charge on any atom is -0.486 e. The van der Waals surface area contributed by atoms with Crippen LogP contribution in [0.3, 0.4) is 0 Å². The number of rotatable bonds is 2. The van der Waals surface area contributed by atoms with Gasteiger partial charge in [-0.05, 0) is 25.0 Å². The predicted octanol–water partition coefficient (Wildman–Crippen LogP) is 2.13. The molecule has 4 heteroatoms.